The Bertz CT molecular complexity index is 1140. The monoisotopic (exact) mass is 447 g/mol. The zero-order valence-electron chi connectivity index (χ0n) is 18.7. The van der Waals surface area contributed by atoms with Gasteiger partial charge in [0.05, 0.1) is 36.3 Å². The molecule has 0 radical (unpaired) electrons. The van der Waals surface area contributed by atoms with Crippen LogP contribution in [0, 0.1) is 17.1 Å². The SMILES string of the molecule is CCc1c(C(=O)N2CCN(C(C#N)c3ccc(OC)cc3)CC2)cnn1-c1ccc(F)cc1. The van der Waals surface area contributed by atoms with Gasteiger partial charge in [0.15, 0.2) is 0 Å². The molecule has 1 aromatic heterocycles. The van der Waals surface area contributed by atoms with Gasteiger partial charge in [0.2, 0.25) is 0 Å². The van der Waals surface area contributed by atoms with Crippen LogP contribution in [0.1, 0.15) is 34.6 Å². The molecule has 1 unspecified atom stereocenters. The van der Waals surface area contributed by atoms with Gasteiger partial charge in [-0.15, -0.1) is 0 Å². The maximum atomic E-state index is 13.3. The first-order chi connectivity index (χ1) is 16.0. The van der Waals surface area contributed by atoms with Crippen LogP contribution in [0.25, 0.3) is 5.69 Å². The summed E-state index contributed by atoms with van der Waals surface area (Å²) in [5, 5.41) is 14.2. The minimum atomic E-state index is -0.374. The van der Waals surface area contributed by atoms with Gasteiger partial charge in [-0.1, -0.05) is 19.1 Å². The molecule has 1 aliphatic rings. The van der Waals surface area contributed by atoms with Gasteiger partial charge >= 0.3 is 0 Å². The van der Waals surface area contributed by atoms with E-state index in [0.717, 1.165) is 17.0 Å². The number of hydrogen-bond donors (Lipinski definition) is 0. The molecule has 1 saturated heterocycles. The van der Waals surface area contributed by atoms with Crippen molar-refractivity contribution in [1.82, 2.24) is 19.6 Å². The van der Waals surface area contributed by atoms with Crippen molar-refractivity contribution in [2.24, 2.45) is 0 Å². The Kier molecular flexibility index (Phi) is 6.71. The number of ether oxygens (including phenoxy) is 1. The summed E-state index contributed by atoms with van der Waals surface area (Å²) in [6.07, 6.45) is 2.21. The molecule has 8 heteroatoms. The Hall–Kier alpha value is -3.70. The molecule has 3 aromatic rings. The van der Waals surface area contributed by atoms with Crippen molar-refractivity contribution in [3.05, 3.63) is 77.4 Å². The van der Waals surface area contributed by atoms with Crippen molar-refractivity contribution < 1.29 is 13.9 Å². The van der Waals surface area contributed by atoms with E-state index in [-0.39, 0.29) is 17.8 Å². The van der Waals surface area contributed by atoms with Gasteiger partial charge in [-0.25, -0.2) is 9.07 Å². The second-order valence-corrected chi connectivity index (χ2v) is 7.88. The van der Waals surface area contributed by atoms with Crippen LogP contribution in [0.5, 0.6) is 5.75 Å². The smallest absolute Gasteiger partial charge is 0.257 e. The summed E-state index contributed by atoms with van der Waals surface area (Å²) in [7, 11) is 1.61. The Morgan fingerprint density at radius 2 is 1.79 bits per heavy atom. The minimum absolute atomic E-state index is 0.0715. The first-order valence-corrected chi connectivity index (χ1v) is 11.0. The predicted octanol–water partition coefficient (Wildman–Crippen LogP) is 3.61. The fourth-order valence-electron chi connectivity index (χ4n) is 4.20. The lowest BCUT2D eigenvalue weighted by Gasteiger charge is -2.37. The second kappa shape index (κ2) is 9.84. The maximum absolute atomic E-state index is 13.3. The van der Waals surface area contributed by atoms with E-state index in [1.807, 2.05) is 36.1 Å². The average Bonchev–Trinajstić information content (AvgIpc) is 3.29. The van der Waals surface area contributed by atoms with Crippen LogP contribution < -0.4 is 4.74 Å². The number of rotatable bonds is 6. The van der Waals surface area contributed by atoms with Crippen molar-refractivity contribution in [3.63, 3.8) is 0 Å². The molecular weight excluding hydrogens is 421 g/mol. The summed E-state index contributed by atoms with van der Waals surface area (Å²) in [5.74, 6) is 0.361. The number of methoxy groups -OCH3 is 1. The normalized spacial score (nSPS) is 15.2. The standard InChI is InChI=1S/C25H26FN5O2/c1-3-23-22(17-28-31(23)20-8-6-19(26)7-9-20)25(32)30-14-12-29(13-15-30)24(16-27)18-4-10-21(33-2)11-5-18/h4-11,17,24H,3,12-15H2,1-2H3. The van der Waals surface area contributed by atoms with E-state index >= 15 is 0 Å². The highest BCUT2D eigenvalue weighted by atomic mass is 19.1. The number of amides is 1. The van der Waals surface area contributed by atoms with Crippen LogP contribution >= 0.6 is 0 Å². The molecule has 0 spiro atoms. The molecule has 33 heavy (non-hydrogen) atoms. The lowest BCUT2D eigenvalue weighted by Crippen LogP contribution is -2.49. The Labute approximate surface area is 192 Å². The highest BCUT2D eigenvalue weighted by Gasteiger charge is 2.29. The van der Waals surface area contributed by atoms with Gasteiger partial charge in [0.1, 0.15) is 17.6 Å². The van der Waals surface area contributed by atoms with Crippen molar-refractivity contribution in [2.45, 2.75) is 19.4 Å². The van der Waals surface area contributed by atoms with E-state index in [1.54, 1.807) is 30.1 Å². The molecule has 2 heterocycles. The molecule has 0 aliphatic carbocycles. The van der Waals surface area contributed by atoms with Gasteiger partial charge in [0, 0.05) is 26.2 Å². The first kappa shape index (κ1) is 22.5. The van der Waals surface area contributed by atoms with Crippen LogP contribution in [0.4, 0.5) is 4.39 Å². The Morgan fingerprint density at radius 1 is 1.12 bits per heavy atom. The van der Waals surface area contributed by atoms with E-state index in [9.17, 15) is 14.4 Å². The van der Waals surface area contributed by atoms with Crippen LogP contribution in [0.15, 0.2) is 54.7 Å². The van der Waals surface area contributed by atoms with Crippen LogP contribution in [-0.2, 0) is 6.42 Å². The zero-order chi connectivity index (χ0) is 23.4. The number of carbonyl (C=O) groups excluding carboxylic acids is 1. The number of halogens is 1. The maximum Gasteiger partial charge on any atom is 0.257 e. The van der Waals surface area contributed by atoms with E-state index in [4.69, 9.17) is 4.74 Å². The summed E-state index contributed by atoms with van der Waals surface area (Å²) in [4.78, 5) is 17.2. The third kappa shape index (κ3) is 4.59. The van der Waals surface area contributed by atoms with E-state index in [2.05, 4.69) is 16.1 Å². The van der Waals surface area contributed by atoms with E-state index in [1.165, 1.54) is 12.1 Å². The number of carbonyl (C=O) groups is 1. The number of nitrogens with zero attached hydrogens (tertiary/aromatic N) is 5. The second-order valence-electron chi connectivity index (χ2n) is 7.88. The fraction of sp³-hybridized carbons (Fsp3) is 0.320. The number of hydrogen-bond acceptors (Lipinski definition) is 5. The number of aromatic nitrogens is 2. The molecular formula is C25H26FN5O2. The average molecular weight is 448 g/mol. The molecule has 1 atom stereocenters. The number of nitriles is 1. The molecule has 4 rings (SSSR count). The summed E-state index contributed by atoms with van der Waals surface area (Å²) < 4.78 is 20.2. The Morgan fingerprint density at radius 3 is 2.36 bits per heavy atom. The molecule has 0 saturated carbocycles. The van der Waals surface area contributed by atoms with E-state index < -0.39 is 0 Å². The third-order valence-electron chi connectivity index (χ3n) is 6.03. The minimum Gasteiger partial charge on any atom is -0.497 e. The quantitative estimate of drug-likeness (QED) is 0.577. The van der Waals surface area contributed by atoms with Gasteiger partial charge in [-0.2, -0.15) is 10.4 Å². The predicted molar refractivity (Wildman–Crippen MR) is 122 cm³/mol. The molecule has 1 aliphatic heterocycles. The summed E-state index contributed by atoms with van der Waals surface area (Å²) in [6.45, 7) is 4.22. The fourth-order valence-corrected chi connectivity index (χ4v) is 4.20. The molecule has 0 bridgehead atoms. The highest BCUT2D eigenvalue weighted by molar-refractivity contribution is 5.95. The summed E-state index contributed by atoms with van der Waals surface area (Å²) in [6, 6.07) is 15.6. The van der Waals surface area contributed by atoms with Crippen molar-refractivity contribution in [1.29, 1.82) is 5.26 Å². The largest absolute Gasteiger partial charge is 0.497 e. The molecule has 7 nitrogen and oxygen atoms in total. The molecule has 1 fully saturated rings. The summed E-state index contributed by atoms with van der Waals surface area (Å²) >= 11 is 0. The van der Waals surface area contributed by atoms with Gasteiger partial charge in [0.25, 0.3) is 5.91 Å². The highest BCUT2D eigenvalue weighted by Crippen LogP contribution is 2.25. The van der Waals surface area contributed by atoms with E-state index in [0.29, 0.717) is 43.9 Å². The lowest BCUT2D eigenvalue weighted by molar-refractivity contribution is 0.0605. The van der Waals surface area contributed by atoms with Crippen LogP contribution in [-0.4, -0.2) is 58.8 Å². The van der Waals surface area contributed by atoms with Gasteiger partial charge in [-0.05, 0) is 48.4 Å². The molecule has 1 amide bonds. The lowest BCUT2D eigenvalue weighted by atomic mass is 10.1. The number of benzene rings is 2. The van der Waals surface area contributed by atoms with Crippen LogP contribution in [0.2, 0.25) is 0 Å². The van der Waals surface area contributed by atoms with Gasteiger partial charge in [-0.3, -0.25) is 9.69 Å². The van der Waals surface area contributed by atoms with Crippen molar-refractivity contribution in [3.8, 4) is 17.5 Å². The van der Waals surface area contributed by atoms with Crippen molar-refractivity contribution in [2.75, 3.05) is 33.3 Å². The number of piperazine rings is 1. The van der Waals surface area contributed by atoms with Crippen LogP contribution in [0.3, 0.4) is 0 Å². The molecule has 0 N–H and O–H groups in total. The zero-order valence-corrected chi connectivity index (χ0v) is 18.7. The molecule has 170 valence electrons. The topological polar surface area (TPSA) is 74.4 Å². The van der Waals surface area contributed by atoms with Gasteiger partial charge < -0.3 is 9.64 Å². The Balaban J connectivity index is 1.46. The van der Waals surface area contributed by atoms with Crippen molar-refractivity contribution >= 4 is 5.91 Å². The third-order valence-corrected chi connectivity index (χ3v) is 6.03. The molecule has 2 aromatic carbocycles. The first-order valence-electron chi connectivity index (χ1n) is 11.0. The summed E-state index contributed by atoms with van der Waals surface area (Å²) in [5.41, 5.74) is 2.98.